The fraction of sp³-hybridized carbons (Fsp3) is 0.0769. The summed E-state index contributed by atoms with van der Waals surface area (Å²) in [5.41, 5.74) is 7.29. The lowest BCUT2D eigenvalue weighted by atomic mass is 10.2. The summed E-state index contributed by atoms with van der Waals surface area (Å²) in [6.07, 6.45) is 1.36. The highest BCUT2D eigenvalue weighted by molar-refractivity contribution is 9.10. The van der Waals surface area contributed by atoms with E-state index in [1.165, 1.54) is 12.3 Å². The van der Waals surface area contributed by atoms with Crippen molar-refractivity contribution >= 4 is 56.5 Å². The lowest BCUT2D eigenvalue weighted by Crippen LogP contribution is -2.13. The number of carbonyl (C=O) groups is 1. The van der Waals surface area contributed by atoms with Crippen LogP contribution in [-0.4, -0.2) is 10.9 Å². The second-order valence-electron chi connectivity index (χ2n) is 4.13. The second kappa shape index (κ2) is 5.99. The summed E-state index contributed by atoms with van der Waals surface area (Å²) in [4.78, 5) is 16.0. The zero-order valence-corrected chi connectivity index (χ0v) is 13.5. The maximum absolute atomic E-state index is 12.1. The van der Waals surface area contributed by atoms with Crippen molar-refractivity contribution in [1.82, 2.24) is 4.98 Å². The van der Waals surface area contributed by atoms with Gasteiger partial charge in [-0.3, -0.25) is 4.79 Å². The number of nitrogens with two attached hydrogens (primary N) is 1. The van der Waals surface area contributed by atoms with Gasteiger partial charge in [-0.15, -0.1) is 0 Å². The number of carbonyl (C=O) groups excluding carboxylic acids is 1. The number of nitrogens with zero attached hydrogens (tertiary/aromatic N) is 1. The minimum absolute atomic E-state index is 0.183. The SMILES string of the molecule is Cc1cc(Br)c(NC(=O)c2cnc(N)c(Cl)c2)cc1Cl. The fourth-order valence-electron chi connectivity index (χ4n) is 1.51. The molecule has 0 aliphatic carbocycles. The summed E-state index contributed by atoms with van der Waals surface area (Å²) >= 11 is 15.3. The summed E-state index contributed by atoms with van der Waals surface area (Å²) in [5, 5.41) is 3.53. The molecule has 1 aromatic heterocycles. The smallest absolute Gasteiger partial charge is 0.257 e. The molecule has 2 aromatic rings. The topological polar surface area (TPSA) is 68.0 Å². The van der Waals surface area contributed by atoms with E-state index in [0.29, 0.717) is 16.3 Å². The van der Waals surface area contributed by atoms with Crippen LogP contribution in [0.2, 0.25) is 10.0 Å². The molecule has 0 saturated heterocycles. The second-order valence-corrected chi connectivity index (χ2v) is 5.80. The predicted molar refractivity (Wildman–Crippen MR) is 85.5 cm³/mol. The van der Waals surface area contributed by atoms with E-state index in [0.717, 1.165) is 10.0 Å². The Morgan fingerprint density at radius 3 is 2.65 bits per heavy atom. The van der Waals surface area contributed by atoms with Crippen molar-refractivity contribution in [3.05, 3.63) is 50.0 Å². The molecule has 1 heterocycles. The molecule has 1 amide bonds. The largest absolute Gasteiger partial charge is 0.382 e. The third-order valence-corrected chi connectivity index (χ3v) is 3.99. The molecule has 0 radical (unpaired) electrons. The molecule has 0 aliphatic heterocycles. The van der Waals surface area contributed by atoms with E-state index >= 15 is 0 Å². The number of pyridine rings is 1. The summed E-state index contributed by atoms with van der Waals surface area (Å²) in [6, 6.07) is 4.96. The minimum atomic E-state index is -0.347. The Balaban J connectivity index is 2.27. The van der Waals surface area contributed by atoms with E-state index in [-0.39, 0.29) is 16.7 Å². The highest BCUT2D eigenvalue weighted by Gasteiger charge is 2.12. The summed E-state index contributed by atoms with van der Waals surface area (Å²) in [5.74, 6) is -0.164. The normalized spacial score (nSPS) is 10.4. The quantitative estimate of drug-likeness (QED) is 0.823. The van der Waals surface area contributed by atoms with Gasteiger partial charge in [0.2, 0.25) is 0 Å². The van der Waals surface area contributed by atoms with E-state index in [1.807, 2.05) is 13.0 Å². The number of nitrogens with one attached hydrogen (secondary N) is 1. The van der Waals surface area contributed by atoms with Gasteiger partial charge in [-0.05, 0) is 46.6 Å². The number of amides is 1. The molecule has 0 fully saturated rings. The van der Waals surface area contributed by atoms with Gasteiger partial charge in [0.1, 0.15) is 5.82 Å². The Hall–Kier alpha value is -1.30. The lowest BCUT2D eigenvalue weighted by Gasteiger charge is -2.10. The molecular formula is C13H10BrCl2N3O. The first-order chi connectivity index (χ1) is 9.38. The van der Waals surface area contributed by atoms with Gasteiger partial charge in [0.25, 0.3) is 5.91 Å². The van der Waals surface area contributed by atoms with Crippen LogP contribution >= 0.6 is 39.1 Å². The first kappa shape index (κ1) is 15.1. The molecule has 0 atom stereocenters. The minimum Gasteiger partial charge on any atom is -0.382 e. The Morgan fingerprint density at radius 1 is 1.30 bits per heavy atom. The molecule has 0 spiro atoms. The van der Waals surface area contributed by atoms with Crippen LogP contribution in [0.5, 0.6) is 0 Å². The van der Waals surface area contributed by atoms with Crippen LogP contribution in [0.4, 0.5) is 11.5 Å². The average Bonchev–Trinajstić information content (AvgIpc) is 2.39. The van der Waals surface area contributed by atoms with E-state index in [4.69, 9.17) is 28.9 Å². The number of nitrogen functional groups attached to an aromatic ring is 1. The maximum Gasteiger partial charge on any atom is 0.257 e. The molecule has 4 nitrogen and oxygen atoms in total. The molecule has 7 heteroatoms. The molecule has 0 bridgehead atoms. The predicted octanol–water partition coefficient (Wildman–Crippen LogP) is 4.29. The molecule has 0 unspecified atom stereocenters. The first-order valence-corrected chi connectivity index (χ1v) is 7.11. The van der Waals surface area contributed by atoms with Crippen LogP contribution in [0.3, 0.4) is 0 Å². The van der Waals surface area contributed by atoms with Crippen LogP contribution in [0, 0.1) is 6.92 Å². The van der Waals surface area contributed by atoms with Crippen molar-refractivity contribution < 1.29 is 4.79 Å². The Labute approximate surface area is 134 Å². The third kappa shape index (κ3) is 3.23. The van der Waals surface area contributed by atoms with Crippen LogP contribution < -0.4 is 11.1 Å². The molecule has 2 rings (SSSR count). The highest BCUT2D eigenvalue weighted by Crippen LogP contribution is 2.29. The summed E-state index contributed by atoms with van der Waals surface area (Å²) in [7, 11) is 0. The molecule has 3 N–H and O–H groups in total. The van der Waals surface area contributed by atoms with Gasteiger partial charge in [-0.1, -0.05) is 23.2 Å². The Morgan fingerprint density at radius 2 is 2.00 bits per heavy atom. The molecule has 104 valence electrons. The zero-order valence-electron chi connectivity index (χ0n) is 10.4. The number of hydrogen-bond donors (Lipinski definition) is 2. The molecule has 1 aromatic carbocycles. The molecule has 0 aliphatic rings. The number of aromatic nitrogens is 1. The molecule has 0 saturated carbocycles. The summed E-state index contributed by atoms with van der Waals surface area (Å²) < 4.78 is 0.738. The van der Waals surface area contributed by atoms with Crippen molar-refractivity contribution in [3.63, 3.8) is 0 Å². The van der Waals surface area contributed by atoms with E-state index in [2.05, 4.69) is 26.2 Å². The van der Waals surface area contributed by atoms with Crippen molar-refractivity contribution in [1.29, 1.82) is 0 Å². The monoisotopic (exact) mass is 373 g/mol. The van der Waals surface area contributed by atoms with Crippen molar-refractivity contribution in [3.8, 4) is 0 Å². The van der Waals surface area contributed by atoms with Crippen molar-refractivity contribution in [2.75, 3.05) is 11.1 Å². The standard InChI is InChI=1S/C13H10BrCl2N3O/c1-6-2-8(14)11(4-9(6)15)19-13(20)7-3-10(16)12(17)18-5-7/h2-5H,1H3,(H2,17,18)(H,19,20). The van der Waals surface area contributed by atoms with E-state index in [9.17, 15) is 4.79 Å². The fourth-order valence-corrected chi connectivity index (χ4v) is 2.40. The van der Waals surface area contributed by atoms with E-state index in [1.54, 1.807) is 6.07 Å². The van der Waals surface area contributed by atoms with Gasteiger partial charge in [0.15, 0.2) is 0 Å². The first-order valence-electron chi connectivity index (χ1n) is 5.56. The Bertz CT molecular complexity index is 692. The third-order valence-electron chi connectivity index (χ3n) is 2.63. The lowest BCUT2D eigenvalue weighted by molar-refractivity contribution is 0.102. The number of aryl methyl sites for hydroxylation is 1. The van der Waals surface area contributed by atoms with Crippen molar-refractivity contribution in [2.24, 2.45) is 0 Å². The van der Waals surface area contributed by atoms with Gasteiger partial charge in [-0.2, -0.15) is 0 Å². The number of halogens is 3. The number of anilines is 2. The zero-order chi connectivity index (χ0) is 14.9. The number of hydrogen-bond acceptors (Lipinski definition) is 3. The van der Waals surface area contributed by atoms with Crippen LogP contribution in [0.15, 0.2) is 28.9 Å². The highest BCUT2D eigenvalue weighted by atomic mass is 79.9. The molecular weight excluding hydrogens is 365 g/mol. The van der Waals surface area contributed by atoms with Gasteiger partial charge in [0.05, 0.1) is 16.3 Å². The Kier molecular flexibility index (Phi) is 4.52. The van der Waals surface area contributed by atoms with Gasteiger partial charge < -0.3 is 11.1 Å². The maximum atomic E-state index is 12.1. The van der Waals surface area contributed by atoms with Crippen LogP contribution in [-0.2, 0) is 0 Å². The van der Waals surface area contributed by atoms with Gasteiger partial charge in [0, 0.05) is 15.7 Å². The van der Waals surface area contributed by atoms with E-state index < -0.39 is 0 Å². The van der Waals surface area contributed by atoms with Crippen LogP contribution in [0.1, 0.15) is 15.9 Å². The van der Waals surface area contributed by atoms with Crippen LogP contribution in [0.25, 0.3) is 0 Å². The number of benzene rings is 1. The van der Waals surface area contributed by atoms with Gasteiger partial charge >= 0.3 is 0 Å². The average molecular weight is 375 g/mol. The number of rotatable bonds is 2. The molecule has 20 heavy (non-hydrogen) atoms. The van der Waals surface area contributed by atoms with Gasteiger partial charge in [-0.25, -0.2) is 4.98 Å². The van der Waals surface area contributed by atoms with Crippen molar-refractivity contribution in [2.45, 2.75) is 6.92 Å². The summed E-state index contributed by atoms with van der Waals surface area (Å²) in [6.45, 7) is 1.88.